The summed E-state index contributed by atoms with van der Waals surface area (Å²) < 4.78 is 0. The van der Waals surface area contributed by atoms with E-state index < -0.39 is 92.4 Å². The first-order valence-corrected chi connectivity index (χ1v) is 25.0. The highest BCUT2D eigenvalue weighted by molar-refractivity contribution is 6.34. The number of hydrogen-bond acceptors (Lipinski definition) is 8. The monoisotopic (exact) mass is 934 g/mol. The van der Waals surface area contributed by atoms with Gasteiger partial charge in [-0.1, -0.05) is 179 Å². The van der Waals surface area contributed by atoms with Crippen LogP contribution in [0.3, 0.4) is 0 Å². The van der Waals surface area contributed by atoms with E-state index >= 15 is 19.2 Å². The maximum atomic E-state index is 15.2. The molecule has 0 radical (unpaired) electrons. The highest BCUT2D eigenvalue weighted by Crippen LogP contribution is 2.58. The predicted octanol–water partition coefficient (Wildman–Crippen LogP) is 7.74. The van der Waals surface area contributed by atoms with Gasteiger partial charge in [-0.05, 0) is 69.5 Å². The maximum absolute atomic E-state index is 15.2. The molecule has 4 N–H and O–H groups in total. The number of fused-ring (bicyclic) bond motifs is 2. The Morgan fingerprint density at radius 1 is 0.397 bits per heavy atom. The van der Waals surface area contributed by atoms with Crippen molar-refractivity contribution in [2.24, 2.45) is 21.7 Å². The van der Waals surface area contributed by atoms with Gasteiger partial charge in [0.2, 0.25) is 0 Å². The smallest absolute Gasteiger partial charge is 0.327 e. The van der Waals surface area contributed by atoms with Crippen LogP contribution in [0, 0.1) is 21.7 Å². The van der Waals surface area contributed by atoms with Crippen LogP contribution < -0.4 is 10.4 Å². The van der Waals surface area contributed by atoms with Crippen molar-refractivity contribution in [3.05, 3.63) is 57.0 Å². The summed E-state index contributed by atoms with van der Waals surface area (Å²) in [6.45, 7) is 8.19. The lowest BCUT2D eigenvalue weighted by molar-refractivity contribution is -0.172. The van der Waals surface area contributed by atoms with E-state index in [2.05, 4.69) is 0 Å². The van der Waals surface area contributed by atoms with Gasteiger partial charge in [0.05, 0.1) is 0 Å². The predicted molar refractivity (Wildman–Crippen MR) is 255 cm³/mol. The Labute approximate surface area is 397 Å². The average Bonchev–Trinajstić information content (AvgIpc) is 3.31. The number of likely N-dealkylation sites (tertiary alicyclic amines) is 2. The molecular weight excluding hydrogens is 869 g/mol. The minimum atomic E-state index is -2.68. The van der Waals surface area contributed by atoms with Gasteiger partial charge in [0.25, 0.3) is 23.6 Å². The fourth-order valence-electron chi connectivity index (χ4n) is 12.1. The number of carbonyl (C=O) groups excluding carboxylic acids is 4. The molecule has 0 bridgehead atoms. The third-order valence-electron chi connectivity index (χ3n) is 15.6. The third-order valence-corrected chi connectivity index (χ3v) is 15.6. The van der Waals surface area contributed by atoms with E-state index in [1.165, 1.54) is 24.3 Å². The maximum Gasteiger partial charge on any atom is 0.327 e. The topological polar surface area (TPSA) is 224 Å². The van der Waals surface area contributed by atoms with Crippen LogP contribution in [-0.2, 0) is 38.4 Å². The summed E-state index contributed by atoms with van der Waals surface area (Å²) in [6.07, 6.45) is 24.2. The summed E-state index contributed by atoms with van der Waals surface area (Å²) in [6, 6.07) is -1.56. The van der Waals surface area contributed by atoms with Crippen LogP contribution in [0.5, 0.6) is 0 Å². The second-order valence-electron chi connectivity index (χ2n) is 19.6. The van der Waals surface area contributed by atoms with Crippen LogP contribution in [0.4, 0.5) is 0 Å². The number of amides is 4. The number of piperidine rings is 2. The standard InChI is InChI=1S/C54H66N2O12/c1-5-9-13-17-21-33(22-18-14-10-6-2)55-43(57)51(47(61)62)29-25-35-37-27-31-53(49(65)66)42-40(37)38(36-26-30-52(44(55)58,48(63)64)41(51)39(35)36)28-32-54(42,50(67)68)46(60)56(45(53)59)34(23-19-15-11-7-3)24-20-16-12-8-4/h25-34H,5-24H2,1-4H3,(H,61,62)(H,63,64)(H,65,66)(H,67,68). The number of aliphatic carboxylic acids is 4. The highest BCUT2D eigenvalue weighted by Gasteiger charge is 2.72. The zero-order valence-corrected chi connectivity index (χ0v) is 39.9. The van der Waals surface area contributed by atoms with E-state index in [1.54, 1.807) is 0 Å². The highest BCUT2D eigenvalue weighted by atomic mass is 16.4. The molecule has 4 amide bonds. The number of rotatable bonds is 26. The van der Waals surface area contributed by atoms with Crippen molar-refractivity contribution in [3.8, 4) is 0 Å². The van der Waals surface area contributed by atoms with Crippen LogP contribution in [0.15, 0.2) is 24.3 Å². The molecule has 364 valence electrons. The van der Waals surface area contributed by atoms with E-state index in [-0.39, 0.29) is 32.7 Å². The number of imide groups is 2. The molecule has 6 aliphatic rings. The summed E-state index contributed by atoms with van der Waals surface area (Å²) in [7, 11) is 0. The fraction of sp³-hybridized carbons (Fsp3) is 0.556. The summed E-state index contributed by atoms with van der Waals surface area (Å²) >= 11 is 0. The summed E-state index contributed by atoms with van der Waals surface area (Å²) in [5, 5.41) is 45.3. The van der Waals surface area contributed by atoms with Gasteiger partial charge in [0.15, 0.2) is 21.7 Å². The fourth-order valence-corrected chi connectivity index (χ4v) is 12.1. The van der Waals surface area contributed by atoms with Crippen molar-refractivity contribution in [3.63, 3.8) is 0 Å². The molecule has 14 heteroatoms. The average molecular weight is 935 g/mol. The Balaban J connectivity index is 1.51. The van der Waals surface area contributed by atoms with E-state index in [0.717, 1.165) is 111 Å². The van der Waals surface area contributed by atoms with Crippen molar-refractivity contribution in [2.75, 3.05) is 0 Å². The number of carbonyl (C=O) groups is 8. The quantitative estimate of drug-likeness (QED) is 0.0398. The van der Waals surface area contributed by atoms with Crippen molar-refractivity contribution >= 4 is 83.0 Å². The molecule has 4 unspecified atom stereocenters. The largest absolute Gasteiger partial charge is 0.480 e. The van der Waals surface area contributed by atoms with E-state index in [9.17, 15) is 39.6 Å². The van der Waals surface area contributed by atoms with Crippen molar-refractivity contribution < 1.29 is 58.8 Å². The Hall–Kier alpha value is -5.92. The lowest BCUT2D eigenvalue weighted by Crippen LogP contribution is -2.69. The number of nitrogens with zero attached hydrogens (tertiary/aromatic N) is 2. The summed E-state index contributed by atoms with van der Waals surface area (Å²) in [5.41, 5.74) is -11.3. The van der Waals surface area contributed by atoms with Gasteiger partial charge in [0.1, 0.15) is 0 Å². The molecule has 4 atom stereocenters. The normalized spacial score (nSPS) is 24.9. The molecule has 2 aliphatic heterocycles. The van der Waals surface area contributed by atoms with Crippen molar-refractivity contribution in [1.29, 1.82) is 0 Å². The molecule has 1 aromatic rings. The SMILES string of the molecule is CCCCCCC(CCCCCC)N1C(=O)C2(C(=O)O)C=Cc3c4c5c(c6c3=C2C(C(=O)O)(C=C6)C1=O)C=CC1(C(=O)O)C(=O)N(C(CCCCCC)CCCCCC)C(=O)C(C(=O)O)(C=C4)C=51. The lowest BCUT2D eigenvalue weighted by atomic mass is 9.54. The second-order valence-corrected chi connectivity index (χ2v) is 19.6. The second kappa shape index (κ2) is 19.6. The van der Waals surface area contributed by atoms with Gasteiger partial charge in [-0.25, -0.2) is 0 Å². The van der Waals surface area contributed by atoms with Gasteiger partial charge < -0.3 is 20.4 Å². The number of carboxylic acids is 4. The van der Waals surface area contributed by atoms with Gasteiger partial charge >= 0.3 is 23.9 Å². The van der Waals surface area contributed by atoms with Crippen LogP contribution >= 0.6 is 0 Å². The first kappa shape index (κ1) is 50.0. The third kappa shape index (κ3) is 7.25. The molecule has 4 aliphatic carbocycles. The Morgan fingerprint density at radius 3 is 0.809 bits per heavy atom. The molecule has 14 nitrogen and oxygen atoms in total. The lowest BCUT2D eigenvalue weighted by Gasteiger charge is -2.52. The molecular formula is C54H66N2O12. The van der Waals surface area contributed by atoms with E-state index in [1.807, 2.05) is 27.7 Å². The van der Waals surface area contributed by atoms with Gasteiger partial charge in [-0.3, -0.25) is 48.2 Å². The van der Waals surface area contributed by atoms with E-state index in [4.69, 9.17) is 0 Å². The minimum Gasteiger partial charge on any atom is -0.480 e. The van der Waals surface area contributed by atoms with Crippen LogP contribution in [-0.4, -0.2) is 89.8 Å². The van der Waals surface area contributed by atoms with Gasteiger partial charge in [-0.2, -0.15) is 0 Å². The zero-order valence-electron chi connectivity index (χ0n) is 39.9. The van der Waals surface area contributed by atoms with Crippen LogP contribution in [0.2, 0.25) is 0 Å². The van der Waals surface area contributed by atoms with Gasteiger partial charge in [0, 0.05) is 12.1 Å². The van der Waals surface area contributed by atoms with E-state index in [0.29, 0.717) is 51.4 Å². The van der Waals surface area contributed by atoms with Crippen LogP contribution in [0.1, 0.15) is 178 Å². The molecule has 0 spiro atoms. The van der Waals surface area contributed by atoms with Crippen molar-refractivity contribution in [1.82, 2.24) is 9.80 Å². The Bertz CT molecular complexity index is 2250. The molecule has 2 heterocycles. The number of benzene rings is 1. The Kier molecular flexibility index (Phi) is 14.4. The van der Waals surface area contributed by atoms with Crippen molar-refractivity contribution in [2.45, 2.75) is 168 Å². The molecule has 2 saturated heterocycles. The molecule has 1 aromatic carbocycles. The molecule has 7 rings (SSSR count). The van der Waals surface area contributed by atoms with Gasteiger partial charge in [-0.15, -0.1) is 0 Å². The number of carboxylic acid groups (broad SMARTS) is 4. The molecule has 0 saturated carbocycles. The first-order chi connectivity index (χ1) is 32.6. The summed E-state index contributed by atoms with van der Waals surface area (Å²) in [4.78, 5) is 119. The minimum absolute atomic E-state index is 0.0489. The first-order valence-electron chi connectivity index (χ1n) is 25.0. The number of hydrogen-bond donors (Lipinski definition) is 4. The molecule has 0 aromatic heterocycles. The Morgan fingerprint density at radius 2 is 0.618 bits per heavy atom. The van der Waals surface area contributed by atoms with Crippen LogP contribution in [0.25, 0.3) is 35.5 Å². The zero-order chi connectivity index (χ0) is 49.3. The number of unbranched alkanes of at least 4 members (excludes halogenated alkanes) is 12. The summed E-state index contributed by atoms with van der Waals surface area (Å²) in [5.74, 6) is -11.1. The molecule has 2 fully saturated rings. The molecule has 68 heavy (non-hydrogen) atoms.